The highest BCUT2D eigenvalue weighted by atomic mass is 32.2. The van der Waals surface area contributed by atoms with Crippen LogP contribution in [0.2, 0.25) is 0 Å². The summed E-state index contributed by atoms with van der Waals surface area (Å²) in [6, 6.07) is 5.99. The van der Waals surface area contributed by atoms with E-state index in [4.69, 9.17) is 0 Å². The number of halogens is 1. The van der Waals surface area contributed by atoms with Crippen molar-refractivity contribution in [1.82, 2.24) is 0 Å². The maximum atomic E-state index is 14.4. The van der Waals surface area contributed by atoms with Crippen molar-refractivity contribution in [2.75, 3.05) is 11.5 Å². The Morgan fingerprint density at radius 3 is 2.39 bits per heavy atom. The summed E-state index contributed by atoms with van der Waals surface area (Å²) >= 11 is 4.00. The number of thioether (sulfide) groups is 2. The molecule has 130 valence electrons. The van der Waals surface area contributed by atoms with Crippen LogP contribution >= 0.6 is 23.5 Å². The minimum absolute atomic E-state index is 0.00914. The van der Waals surface area contributed by atoms with Gasteiger partial charge in [-0.1, -0.05) is 58.1 Å². The van der Waals surface area contributed by atoms with Gasteiger partial charge < -0.3 is 0 Å². The Kier molecular flexibility index (Phi) is 8.89. The van der Waals surface area contributed by atoms with Crippen LogP contribution in [0.3, 0.4) is 0 Å². The molecular formula is C20H31FS2. The Bertz CT molecular complexity index is 453. The summed E-state index contributed by atoms with van der Waals surface area (Å²) in [7, 11) is 0. The third-order valence-corrected chi connectivity index (χ3v) is 7.86. The van der Waals surface area contributed by atoms with E-state index < -0.39 is 0 Å². The van der Waals surface area contributed by atoms with Gasteiger partial charge in [-0.2, -0.15) is 0 Å². The van der Waals surface area contributed by atoms with Gasteiger partial charge in [-0.3, -0.25) is 0 Å². The highest BCUT2D eigenvalue weighted by molar-refractivity contribution is 8.16. The van der Waals surface area contributed by atoms with Crippen molar-refractivity contribution in [2.24, 2.45) is 5.92 Å². The number of benzene rings is 1. The standard InChI is InChI=1S/C20H31FS2/c1-3-5-6-7-8-10-17-11-12-18(13-19(17)21)20-22-14-16(9-4-2)15-23-20/h11-13,16,20H,3-10,14-15H2,1-2H3. The lowest BCUT2D eigenvalue weighted by Gasteiger charge is -2.28. The maximum Gasteiger partial charge on any atom is 0.126 e. The van der Waals surface area contributed by atoms with Crippen LogP contribution < -0.4 is 0 Å². The van der Waals surface area contributed by atoms with Gasteiger partial charge in [0, 0.05) is 0 Å². The Labute approximate surface area is 150 Å². The summed E-state index contributed by atoms with van der Waals surface area (Å²) < 4.78 is 14.8. The first-order valence-corrected chi connectivity index (χ1v) is 11.4. The van der Waals surface area contributed by atoms with Crippen molar-refractivity contribution in [1.29, 1.82) is 0 Å². The van der Waals surface area contributed by atoms with E-state index in [0.717, 1.165) is 24.3 Å². The van der Waals surface area contributed by atoms with E-state index >= 15 is 0 Å². The van der Waals surface area contributed by atoms with Gasteiger partial charge in [-0.25, -0.2) is 4.39 Å². The second-order valence-electron chi connectivity index (χ2n) is 6.67. The van der Waals surface area contributed by atoms with E-state index in [2.05, 4.69) is 19.9 Å². The molecule has 0 nitrogen and oxygen atoms in total. The molecule has 0 N–H and O–H groups in total. The van der Waals surface area contributed by atoms with Gasteiger partial charge in [0.05, 0.1) is 4.58 Å². The lowest BCUT2D eigenvalue weighted by atomic mass is 10.0. The molecule has 0 saturated carbocycles. The number of hydrogen-bond donors (Lipinski definition) is 0. The van der Waals surface area contributed by atoms with Crippen LogP contribution in [0.1, 0.15) is 74.5 Å². The van der Waals surface area contributed by atoms with Crippen LogP contribution in [0.4, 0.5) is 4.39 Å². The predicted octanol–water partition coefficient (Wildman–Crippen LogP) is 7.23. The van der Waals surface area contributed by atoms with Crippen LogP contribution in [-0.4, -0.2) is 11.5 Å². The maximum absolute atomic E-state index is 14.4. The SMILES string of the molecule is CCCCCCCc1ccc(C2SCC(CCC)CS2)cc1F. The minimum Gasteiger partial charge on any atom is -0.207 e. The summed E-state index contributed by atoms with van der Waals surface area (Å²) in [5.41, 5.74) is 2.07. The van der Waals surface area contributed by atoms with Crippen LogP contribution in [0, 0.1) is 11.7 Å². The molecule has 1 fully saturated rings. The van der Waals surface area contributed by atoms with Crippen LogP contribution in [0.5, 0.6) is 0 Å². The topological polar surface area (TPSA) is 0 Å². The van der Waals surface area contributed by atoms with Gasteiger partial charge in [0.1, 0.15) is 5.82 Å². The third kappa shape index (κ3) is 6.34. The van der Waals surface area contributed by atoms with E-state index in [9.17, 15) is 4.39 Å². The molecule has 23 heavy (non-hydrogen) atoms. The van der Waals surface area contributed by atoms with E-state index in [1.54, 1.807) is 6.07 Å². The van der Waals surface area contributed by atoms with Crippen molar-refractivity contribution in [2.45, 2.75) is 69.8 Å². The van der Waals surface area contributed by atoms with Gasteiger partial charge in [-0.15, -0.1) is 23.5 Å². The molecule has 0 amide bonds. The lowest BCUT2D eigenvalue weighted by molar-refractivity contribution is 0.585. The van der Waals surface area contributed by atoms with Crippen molar-refractivity contribution in [3.05, 3.63) is 35.1 Å². The molecule has 0 aromatic heterocycles. The fraction of sp³-hybridized carbons (Fsp3) is 0.700. The summed E-state index contributed by atoms with van der Waals surface area (Å²) in [6.07, 6.45) is 9.68. The number of hydrogen-bond acceptors (Lipinski definition) is 2. The molecule has 1 aromatic carbocycles. The van der Waals surface area contributed by atoms with E-state index in [0.29, 0.717) is 4.58 Å². The van der Waals surface area contributed by atoms with E-state index in [-0.39, 0.29) is 5.82 Å². The molecule has 1 saturated heterocycles. The highest BCUT2D eigenvalue weighted by Crippen LogP contribution is 2.46. The monoisotopic (exact) mass is 354 g/mol. The summed E-state index contributed by atoms with van der Waals surface area (Å²) in [5.74, 6) is 3.31. The van der Waals surface area contributed by atoms with Gasteiger partial charge in [0.15, 0.2) is 0 Å². The van der Waals surface area contributed by atoms with Crippen LogP contribution in [0.15, 0.2) is 18.2 Å². The first-order valence-electron chi connectivity index (χ1n) is 9.26. The fourth-order valence-corrected chi connectivity index (χ4v) is 6.29. The molecular weight excluding hydrogens is 323 g/mol. The molecule has 0 bridgehead atoms. The molecule has 1 heterocycles. The number of unbranched alkanes of at least 4 members (excludes halogenated alkanes) is 4. The zero-order valence-corrected chi connectivity index (χ0v) is 16.3. The zero-order chi connectivity index (χ0) is 16.5. The zero-order valence-electron chi connectivity index (χ0n) is 14.7. The van der Waals surface area contributed by atoms with E-state index in [1.807, 2.05) is 29.6 Å². The van der Waals surface area contributed by atoms with Crippen LogP contribution in [-0.2, 0) is 6.42 Å². The first-order chi connectivity index (χ1) is 11.2. The second-order valence-corrected chi connectivity index (χ2v) is 9.24. The average Bonchev–Trinajstić information content (AvgIpc) is 2.57. The Morgan fingerprint density at radius 2 is 1.74 bits per heavy atom. The second kappa shape index (κ2) is 10.7. The minimum atomic E-state index is 0.00914. The molecule has 0 unspecified atom stereocenters. The summed E-state index contributed by atoms with van der Waals surface area (Å²) in [4.78, 5) is 0. The molecule has 0 atom stereocenters. The van der Waals surface area contributed by atoms with Crippen molar-refractivity contribution < 1.29 is 4.39 Å². The molecule has 1 aromatic rings. The Balaban J connectivity index is 1.82. The van der Waals surface area contributed by atoms with Gasteiger partial charge in [0.2, 0.25) is 0 Å². The van der Waals surface area contributed by atoms with Crippen molar-refractivity contribution >= 4 is 23.5 Å². The van der Waals surface area contributed by atoms with Gasteiger partial charge in [0.25, 0.3) is 0 Å². The van der Waals surface area contributed by atoms with Gasteiger partial charge >= 0.3 is 0 Å². The Hall–Kier alpha value is -0.150. The highest BCUT2D eigenvalue weighted by Gasteiger charge is 2.23. The largest absolute Gasteiger partial charge is 0.207 e. The predicted molar refractivity (Wildman–Crippen MR) is 105 cm³/mol. The van der Waals surface area contributed by atoms with Crippen molar-refractivity contribution in [3.63, 3.8) is 0 Å². The summed E-state index contributed by atoms with van der Waals surface area (Å²) in [5, 5.41) is 0. The molecule has 2 rings (SSSR count). The normalized spacial score (nSPS) is 21.5. The molecule has 1 aliphatic rings. The van der Waals surface area contributed by atoms with Gasteiger partial charge in [-0.05, 0) is 53.9 Å². The van der Waals surface area contributed by atoms with Crippen molar-refractivity contribution in [3.8, 4) is 0 Å². The quantitative estimate of drug-likeness (QED) is 0.429. The molecule has 0 spiro atoms. The third-order valence-electron chi connectivity index (χ3n) is 4.56. The molecule has 1 aliphatic heterocycles. The number of rotatable bonds is 9. The smallest absolute Gasteiger partial charge is 0.126 e. The number of aryl methyl sites for hydroxylation is 1. The summed E-state index contributed by atoms with van der Waals surface area (Å²) in [6.45, 7) is 4.49. The van der Waals surface area contributed by atoms with E-state index in [1.165, 1.54) is 55.6 Å². The lowest BCUT2D eigenvalue weighted by Crippen LogP contribution is -2.14. The van der Waals surface area contributed by atoms with Crippen LogP contribution in [0.25, 0.3) is 0 Å². The Morgan fingerprint density at radius 1 is 1.00 bits per heavy atom. The fourth-order valence-electron chi connectivity index (χ4n) is 3.14. The molecule has 3 heteroatoms. The average molecular weight is 355 g/mol. The molecule has 0 radical (unpaired) electrons. The first kappa shape index (κ1) is 19.2. The molecule has 0 aliphatic carbocycles.